The minimum Gasteiger partial charge on any atom is -0.354 e. The van der Waals surface area contributed by atoms with E-state index in [1.165, 1.54) is 11.6 Å². The average Bonchev–Trinajstić information content (AvgIpc) is 2.80. The van der Waals surface area contributed by atoms with Gasteiger partial charge >= 0.3 is 5.69 Å². The van der Waals surface area contributed by atoms with Crippen LogP contribution in [0.5, 0.6) is 0 Å². The van der Waals surface area contributed by atoms with Gasteiger partial charge in [-0.1, -0.05) is 0 Å². The molecule has 0 aliphatic rings. The molecule has 0 saturated carbocycles. The van der Waals surface area contributed by atoms with Gasteiger partial charge in [-0.15, -0.1) is 0 Å². The summed E-state index contributed by atoms with van der Waals surface area (Å²) in [6.45, 7) is 7.30. The Hall–Kier alpha value is -2.09. The number of nitrogens with zero attached hydrogens (tertiary/aromatic N) is 4. The maximum atomic E-state index is 12.4. The highest BCUT2D eigenvalue weighted by molar-refractivity contribution is 5.74. The Morgan fingerprint density at radius 1 is 1.33 bits per heavy atom. The van der Waals surface area contributed by atoms with E-state index in [1.807, 2.05) is 20.8 Å². The SMILES string of the molecule is CCn1c(NCCN)nc2c1c(=O)n(C)c(=O)n2C(C)C. The van der Waals surface area contributed by atoms with Crippen molar-refractivity contribution in [2.24, 2.45) is 12.8 Å². The van der Waals surface area contributed by atoms with Crippen molar-refractivity contribution in [3.63, 3.8) is 0 Å². The van der Waals surface area contributed by atoms with E-state index >= 15 is 0 Å². The lowest BCUT2D eigenvalue weighted by Crippen LogP contribution is -2.39. The number of nitrogens with two attached hydrogens (primary N) is 1. The third kappa shape index (κ3) is 2.35. The van der Waals surface area contributed by atoms with E-state index in [2.05, 4.69) is 10.3 Å². The lowest BCUT2D eigenvalue weighted by Gasteiger charge is -2.12. The molecule has 2 aromatic heterocycles. The first-order valence-electron chi connectivity index (χ1n) is 7.09. The van der Waals surface area contributed by atoms with Crippen molar-refractivity contribution in [3.8, 4) is 0 Å². The van der Waals surface area contributed by atoms with Crippen molar-refractivity contribution in [1.29, 1.82) is 0 Å². The summed E-state index contributed by atoms with van der Waals surface area (Å²) in [5, 5.41) is 3.10. The van der Waals surface area contributed by atoms with Gasteiger partial charge in [0, 0.05) is 32.7 Å². The Morgan fingerprint density at radius 2 is 2.00 bits per heavy atom. The minimum absolute atomic E-state index is 0.0886. The van der Waals surface area contributed by atoms with Crippen LogP contribution in [-0.4, -0.2) is 31.8 Å². The van der Waals surface area contributed by atoms with E-state index in [9.17, 15) is 9.59 Å². The van der Waals surface area contributed by atoms with E-state index in [-0.39, 0.29) is 17.3 Å². The first-order chi connectivity index (χ1) is 9.93. The van der Waals surface area contributed by atoms with Crippen LogP contribution in [0.25, 0.3) is 11.2 Å². The Kier molecular flexibility index (Phi) is 4.17. The molecule has 0 saturated heterocycles. The van der Waals surface area contributed by atoms with Crippen LogP contribution in [-0.2, 0) is 13.6 Å². The summed E-state index contributed by atoms with van der Waals surface area (Å²) >= 11 is 0. The maximum absolute atomic E-state index is 12.4. The molecule has 21 heavy (non-hydrogen) atoms. The fraction of sp³-hybridized carbons (Fsp3) is 0.615. The molecule has 116 valence electrons. The molecule has 0 unspecified atom stereocenters. The molecule has 0 aliphatic carbocycles. The zero-order valence-electron chi connectivity index (χ0n) is 12.9. The van der Waals surface area contributed by atoms with Gasteiger partial charge in [0.05, 0.1) is 0 Å². The van der Waals surface area contributed by atoms with Crippen LogP contribution >= 0.6 is 0 Å². The molecule has 0 radical (unpaired) electrons. The van der Waals surface area contributed by atoms with Crippen LogP contribution < -0.4 is 22.3 Å². The predicted molar refractivity (Wildman–Crippen MR) is 82.8 cm³/mol. The van der Waals surface area contributed by atoms with Crippen LogP contribution in [0, 0.1) is 0 Å². The van der Waals surface area contributed by atoms with Gasteiger partial charge in [0.15, 0.2) is 11.2 Å². The van der Waals surface area contributed by atoms with Crippen molar-refractivity contribution in [1.82, 2.24) is 18.7 Å². The number of hydrogen-bond donors (Lipinski definition) is 2. The molecule has 2 aromatic rings. The molecule has 0 bridgehead atoms. The van der Waals surface area contributed by atoms with Crippen LogP contribution in [0.2, 0.25) is 0 Å². The normalized spacial score (nSPS) is 11.5. The van der Waals surface area contributed by atoms with Crippen molar-refractivity contribution in [3.05, 3.63) is 20.8 Å². The summed E-state index contributed by atoms with van der Waals surface area (Å²) in [6, 6.07) is -0.0886. The van der Waals surface area contributed by atoms with E-state index < -0.39 is 0 Å². The number of nitrogens with one attached hydrogen (secondary N) is 1. The van der Waals surface area contributed by atoms with Gasteiger partial charge in [0.25, 0.3) is 5.56 Å². The van der Waals surface area contributed by atoms with E-state index in [1.54, 1.807) is 4.57 Å². The van der Waals surface area contributed by atoms with Gasteiger partial charge in [-0.3, -0.25) is 13.9 Å². The number of aromatic nitrogens is 4. The molecule has 0 aliphatic heterocycles. The van der Waals surface area contributed by atoms with Gasteiger partial charge in [0.2, 0.25) is 5.95 Å². The van der Waals surface area contributed by atoms with Crippen LogP contribution in [0.1, 0.15) is 26.8 Å². The van der Waals surface area contributed by atoms with Crippen molar-refractivity contribution in [2.45, 2.75) is 33.4 Å². The number of fused-ring (bicyclic) bond motifs is 1. The molecule has 0 amide bonds. The van der Waals surface area contributed by atoms with Gasteiger partial charge in [-0.2, -0.15) is 4.98 Å². The van der Waals surface area contributed by atoms with E-state index in [0.717, 1.165) is 4.57 Å². The standard InChI is InChI=1S/C13H22N6O2/c1-5-18-9-10(16-12(18)15-7-6-14)19(8(2)3)13(21)17(4)11(9)20/h8H,5-7,14H2,1-4H3,(H,15,16). The summed E-state index contributed by atoms with van der Waals surface area (Å²) in [4.78, 5) is 29.2. The number of anilines is 1. The Balaban J connectivity index is 2.90. The lowest BCUT2D eigenvalue weighted by molar-refractivity contribution is 0.551. The van der Waals surface area contributed by atoms with Crippen molar-refractivity contribution < 1.29 is 0 Å². The maximum Gasteiger partial charge on any atom is 0.332 e. The molecule has 2 heterocycles. The van der Waals surface area contributed by atoms with Gasteiger partial charge in [0.1, 0.15) is 0 Å². The minimum atomic E-state index is -0.353. The van der Waals surface area contributed by atoms with E-state index in [4.69, 9.17) is 5.73 Å². The van der Waals surface area contributed by atoms with Crippen molar-refractivity contribution in [2.75, 3.05) is 18.4 Å². The average molecular weight is 294 g/mol. The summed E-state index contributed by atoms with van der Waals surface area (Å²) in [7, 11) is 1.49. The monoisotopic (exact) mass is 294 g/mol. The van der Waals surface area contributed by atoms with Gasteiger partial charge in [-0.05, 0) is 20.8 Å². The van der Waals surface area contributed by atoms with Crippen LogP contribution in [0.3, 0.4) is 0 Å². The topological polar surface area (TPSA) is 99.9 Å². The second-order valence-corrected chi connectivity index (χ2v) is 5.18. The van der Waals surface area contributed by atoms with Gasteiger partial charge in [-0.25, -0.2) is 4.79 Å². The highest BCUT2D eigenvalue weighted by Gasteiger charge is 2.20. The molecule has 0 aromatic carbocycles. The molecule has 8 heteroatoms. The summed E-state index contributed by atoms with van der Waals surface area (Å²) < 4.78 is 4.45. The molecule has 3 N–H and O–H groups in total. The number of imidazole rings is 1. The highest BCUT2D eigenvalue weighted by Crippen LogP contribution is 2.17. The van der Waals surface area contributed by atoms with Crippen LogP contribution in [0.4, 0.5) is 5.95 Å². The fourth-order valence-corrected chi connectivity index (χ4v) is 2.41. The summed E-state index contributed by atoms with van der Waals surface area (Å²) in [5.74, 6) is 0.565. The smallest absolute Gasteiger partial charge is 0.332 e. The third-order valence-corrected chi connectivity index (χ3v) is 3.44. The summed E-state index contributed by atoms with van der Waals surface area (Å²) in [5.41, 5.74) is 5.67. The second-order valence-electron chi connectivity index (χ2n) is 5.18. The zero-order valence-corrected chi connectivity index (χ0v) is 12.9. The molecule has 0 spiro atoms. The molecule has 8 nitrogen and oxygen atoms in total. The number of aryl methyl sites for hydroxylation is 1. The number of hydrogen-bond acceptors (Lipinski definition) is 5. The first kappa shape index (κ1) is 15.3. The zero-order chi connectivity index (χ0) is 15.7. The third-order valence-electron chi connectivity index (χ3n) is 3.44. The summed E-state index contributed by atoms with van der Waals surface area (Å²) in [6.07, 6.45) is 0. The van der Waals surface area contributed by atoms with Crippen molar-refractivity contribution >= 4 is 17.1 Å². The van der Waals surface area contributed by atoms with Crippen LogP contribution in [0.15, 0.2) is 9.59 Å². The Bertz CT molecular complexity index is 768. The predicted octanol–water partition coefficient (Wildman–Crippen LogP) is -0.132. The molecule has 2 rings (SSSR count). The molecule has 0 atom stereocenters. The molecule has 0 fully saturated rings. The Morgan fingerprint density at radius 3 is 2.52 bits per heavy atom. The first-order valence-corrected chi connectivity index (χ1v) is 7.09. The molecular formula is C13H22N6O2. The number of rotatable bonds is 5. The fourth-order valence-electron chi connectivity index (χ4n) is 2.41. The quantitative estimate of drug-likeness (QED) is 0.800. The van der Waals surface area contributed by atoms with E-state index in [0.29, 0.717) is 36.7 Å². The molecular weight excluding hydrogens is 272 g/mol. The van der Waals surface area contributed by atoms with Gasteiger partial charge < -0.3 is 15.6 Å². The second kappa shape index (κ2) is 5.72. The largest absolute Gasteiger partial charge is 0.354 e. The lowest BCUT2D eigenvalue weighted by atomic mass is 10.3. The Labute approximate surface area is 122 Å². The highest BCUT2D eigenvalue weighted by atomic mass is 16.2.